The minimum absolute atomic E-state index is 0.0230. The van der Waals surface area contributed by atoms with Crippen LogP contribution in [0.3, 0.4) is 0 Å². The lowest BCUT2D eigenvalue weighted by atomic mass is 9.74. The Morgan fingerprint density at radius 1 is 1.05 bits per heavy atom. The van der Waals surface area contributed by atoms with Gasteiger partial charge in [0.25, 0.3) is 0 Å². The van der Waals surface area contributed by atoms with Crippen molar-refractivity contribution in [3.05, 3.63) is 65.7 Å². The summed E-state index contributed by atoms with van der Waals surface area (Å²) in [5.41, 5.74) is 7.81. The average molecular weight is 582 g/mol. The van der Waals surface area contributed by atoms with Gasteiger partial charge in [-0.05, 0) is 79.4 Å². The lowest BCUT2D eigenvalue weighted by Crippen LogP contribution is -2.59. The number of carboxylic acids is 1. The van der Waals surface area contributed by atoms with Crippen molar-refractivity contribution in [1.82, 2.24) is 10.2 Å². The number of carbonyl (C=O) groups excluding carboxylic acids is 2. The molecule has 218 valence electrons. The van der Waals surface area contributed by atoms with Gasteiger partial charge in [-0.1, -0.05) is 42.5 Å². The fraction of sp³-hybridized carbons (Fsp3) is 0.464. The number of piperidine rings is 1. The summed E-state index contributed by atoms with van der Waals surface area (Å²) >= 11 is -1.42. The van der Waals surface area contributed by atoms with Crippen molar-refractivity contribution in [2.75, 3.05) is 18.8 Å². The molecular formula is C28H34F3N3O5S. The summed E-state index contributed by atoms with van der Waals surface area (Å²) in [5.74, 6) is -3.34. The zero-order valence-corrected chi connectivity index (χ0v) is 23.2. The molecule has 1 aliphatic heterocycles. The molecule has 0 saturated carbocycles. The number of nitrogens with two attached hydrogens (primary N) is 1. The zero-order valence-electron chi connectivity index (χ0n) is 22.4. The Balaban J connectivity index is 0.000000559. The van der Waals surface area contributed by atoms with Gasteiger partial charge in [0.1, 0.15) is 5.75 Å². The van der Waals surface area contributed by atoms with E-state index >= 15 is 0 Å². The highest BCUT2D eigenvalue weighted by Crippen LogP contribution is 2.46. The van der Waals surface area contributed by atoms with Crippen LogP contribution >= 0.6 is 0 Å². The minimum atomic E-state index is -5.08. The number of nitrogens with zero attached hydrogens (tertiary/aromatic N) is 1. The molecule has 12 heteroatoms. The van der Waals surface area contributed by atoms with Gasteiger partial charge in [-0.15, -0.1) is 0 Å². The normalized spacial score (nSPS) is 17.7. The second-order valence-corrected chi connectivity index (χ2v) is 12.1. The largest absolute Gasteiger partial charge is 0.611 e. The topological polar surface area (TPSA) is 136 Å². The van der Waals surface area contributed by atoms with Crippen LogP contribution in [0.4, 0.5) is 13.2 Å². The van der Waals surface area contributed by atoms with Crippen molar-refractivity contribution >= 4 is 29.0 Å². The molecule has 2 aromatic carbocycles. The number of aliphatic carboxylic acids is 1. The van der Waals surface area contributed by atoms with Gasteiger partial charge in [0.15, 0.2) is 10.9 Å². The molecule has 0 unspecified atom stereocenters. The van der Waals surface area contributed by atoms with E-state index in [9.17, 15) is 27.3 Å². The zero-order chi connectivity index (χ0) is 29.7. The van der Waals surface area contributed by atoms with Gasteiger partial charge in [0.2, 0.25) is 11.8 Å². The van der Waals surface area contributed by atoms with E-state index in [-0.39, 0.29) is 17.1 Å². The molecule has 1 saturated heterocycles. The van der Waals surface area contributed by atoms with Crippen LogP contribution in [-0.2, 0) is 37.4 Å². The number of nitrogens with one attached hydrogen (secondary N) is 1. The first kappa shape index (κ1) is 31.4. The van der Waals surface area contributed by atoms with Crippen LogP contribution < -0.4 is 11.1 Å². The molecular weight excluding hydrogens is 547 g/mol. The molecule has 8 nitrogen and oxygen atoms in total. The van der Waals surface area contributed by atoms with Gasteiger partial charge in [-0.3, -0.25) is 9.59 Å². The van der Waals surface area contributed by atoms with E-state index in [1.54, 1.807) is 26.0 Å². The van der Waals surface area contributed by atoms with Crippen LogP contribution in [0.2, 0.25) is 0 Å². The van der Waals surface area contributed by atoms with Crippen LogP contribution in [0.1, 0.15) is 44.2 Å². The molecule has 4 rings (SSSR count). The third kappa shape index (κ3) is 7.76. The summed E-state index contributed by atoms with van der Waals surface area (Å²) in [6.45, 7) is 4.45. The SMILES string of the molecule is CC(C)(N)C(=O)N[C@@H](C[S@+]([O-])c1ccccc1)C(=O)N1CCC2(CCc3ccccc32)CC1.O=C(O)C(F)(F)F. The van der Waals surface area contributed by atoms with Gasteiger partial charge in [0.05, 0.1) is 5.54 Å². The molecule has 2 aromatic rings. The number of hydrogen-bond donors (Lipinski definition) is 3. The predicted octanol–water partition coefficient (Wildman–Crippen LogP) is 3.16. The third-order valence-electron chi connectivity index (χ3n) is 7.25. The summed E-state index contributed by atoms with van der Waals surface area (Å²) in [6, 6.07) is 16.8. The fourth-order valence-electron chi connectivity index (χ4n) is 5.00. The number of amides is 2. The predicted molar refractivity (Wildman–Crippen MR) is 144 cm³/mol. The molecule has 2 amide bonds. The van der Waals surface area contributed by atoms with Crippen LogP contribution in [0.15, 0.2) is 59.5 Å². The average Bonchev–Trinajstić information content (AvgIpc) is 3.26. The first-order valence-corrected chi connectivity index (χ1v) is 14.2. The monoisotopic (exact) mass is 581 g/mol. The quantitative estimate of drug-likeness (QED) is 0.449. The molecule has 1 heterocycles. The number of fused-ring (bicyclic) bond motifs is 2. The minimum Gasteiger partial charge on any atom is -0.611 e. The van der Waals surface area contributed by atoms with Crippen LogP contribution in [0.25, 0.3) is 0 Å². The smallest absolute Gasteiger partial charge is 0.490 e. The summed E-state index contributed by atoms with van der Waals surface area (Å²) in [4.78, 5) is 37.5. The van der Waals surface area contributed by atoms with Gasteiger partial charge >= 0.3 is 12.1 Å². The second-order valence-electron chi connectivity index (χ2n) is 10.6. The fourth-order valence-corrected chi connectivity index (χ4v) is 6.18. The molecule has 0 aromatic heterocycles. The highest BCUT2D eigenvalue weighted by Gasteiger charge is 2.43. The van der Waals surface area contributed by atoms with Crippen molar-refractivity contribution < 1.29 is 37.2 Å². The second kappa shape index (κ2) is 12.6. The van der Waals surface area contributed by atoms with Gasteiger partial charge in [-0.2, -0.15) is 13.2 Å². The van der Waals surface area contributed by atoms with Gasteiger partial charge < -0.3 is 25.6 Å². The van der Waals surface area contributed by atoms with Crippen molar-refractivity contribution in [2.24, 2.45) is 5.73 Å². The number of hydrogen-bond acceptors (Lipinski definition) is 5. The summed E-state index contributed by atoms with van der Waals surface area (Å²) in [6.07, 6.45) is -1.07. The van der Waals surface area contributed by atoms with E-state index in [1.807, 2.05) is 23.1 Å². The molecule has 1 spiro atoms. The Hall–Kier alpha value is -3.09. The lowest BCUT2D eigenvalue weighted by molar-refractivity contribution is -0.192. The highest BCUT2D eigenvalue weighted by molar-refractivity contribution is 7.91. The van der Waals surface area contributed by atoms with E-state index in [2.05, 4.69) is 29.6 Å². The lowest BCUT2D eigenvalue weighted by Gasteiger charge is -2.41. The van der Waals surface area contributed by atoms with Crippen molar-refractivity contribution in [3.8, 4) is 0 Å². The molecule has 1 aliphatic carbocycles. The van der Waals surface area contributed by atoms with E-state index in [0.717, 1.165) is 25.7 Å². The summed E-state index contributed by atoms with van der Waals surface area (Å²) in [5, 5.41) is 9.91. The standard InChI is InChI=1S/C26H33N3O3S.C2HF3O2/c1-25(2,27)24(31)28-22(18-33(32)20-9-4-3-5-10-20)23(30)29-16-14-26(15-17-29)13-12-19-8-6-7-11-21(19)26;3-2(4,5)1(6)7/h3-11,22H,12-18,27H2,1-2H3,(H,28,31);(H,6,7)/t22-,33-;/m0./s1. The number of benzene rings is 2. The first-order valence-electron chi connectivity index (χ1n) is 12.8. The van der Waals surface area contributed by atoms with E-state index < -0.39 is 40.8 Å². The molecule has 2 aliphatic rings. The van der Waals surface area contributed by atoms with Crippen molar-refractivity contribution in [1.29, 1.82) is 0 Å². The van der Waals surface area contributed by atoms with Gasteiger partial charge in [0, 0.05) is 13.1 Å². The third-order valence-corrected chi connectivity index (χ3v) is 8.68. The molecule has 0 radical (unpaired) electrons. The summed E-state index contributed by atoms with van der Waals surface area (Å²) < 4.78 is 44.7. The van der Waals surface area contributed by atoms with Crippen molar-refractivity contribution in [3.63, 3.8) is 0 Å². The Labute approximate surface area is 234 Å². The Morgan fingerprint density at radius 3 is 2.15 bits per heavy atom. The summed E-state index contributed by atoms with van der Waals surface area (Å²) in [7, 11) is 0. The Bertz CT molecular complexity index is 1200. The van der Waals surface area contributed by atoms with Gasteiger partial charge in [-0.25, -0.2) is 4.79 Å². The number of likely N-dealkylation sites (tertiary alicyclic amines) is 1. The maximum atomic E-state index is 13.5. The molecule has 0 bridgehead atoms. The van der Waals surface area contributed by atoms with E-state index in [0.29, 0.717) is 18.0 Å². The number of carboxylic acid groups (broad SMARTS) is 1. The highest BCUT2D eigenvalue weighted by atomic mass is 32.2. The number of rotatable bonds is 6. The molecule has 40 heavy (non-hydrogen) atoms. The van der Waals surface area contributed by atoms with Crippen LogP contribution in [-0.4, -0.2) is 68.9 Å². The molecule has 1 fully saturated rings. The number of carbonyl (C=O) groups is 3. The number of alkyl halides is 3. The van der Waals surface area contributed by atoms with Crippen LogP contribution in [0, 0.1) is 0 Å². The molecule has 4 N–H and O–H groups in total. The first-order chi connectivity index (χ1) is 18.6. The Morgan fingerprint density at radius 2 is 1.60 bits per heavy atom. The number of halogens is 3. The Kier molecular flexibility index (Phi) is 9.91. The maximum absolute atomic E-state index is 13.5. The maximum Gasteiger partial charge on any atom is 0.490 e. The van der Waals surface area contributed by atoms with E-state index in [1.165, 1.54) is 11.1 Å². The van der Waals surface area contributed by atoms with Crippen molar-refractivity contribution in [2.45, 2.75) is 67.6 Å². The number of aryl methyl sites for hydroxylation is 1. The van der Waals surface area contributed by atoms with Crippen LogP contribution in [0.5, 0.6) is 0 Å². The van der Waals surface area contributed by atoms with E-state index in [4.69, 9.17) is 15.6 Å². The molecule has 2 atom stereocenters.